The van der Waals surface area contributed by atoms with Crippen LogP contribution in [0.5, 0.6) is 0 Å². The predicted octanol–water partition coefficient (Wildman–Crippen LogP) is 2.57. The molecular weight excluding hydrogens is 278 g/mol. The molecule has 0 amide bonds. The Morgan fingerprint density at radius 2 is 2.35 bits per heavy atom. The molecule has 20 heavy (non-hydrogen) atoms. The Morgan fingerprint density at radius 1 is 1.50 bits per heavy atom. The first-order chi connectivity index (χ1) is 9.70. The summed E-state index contributed by atoms with van der Waals surface area (Å²) in [6.07, 6.45) is 1.86. The topological polar surface area (TPSA) is 60.2 Å². The minimum absolute atomic E-state index is 0.0628. The number of aliphatic hydroxyl groups is 1. The fraction of sp³-hybridized carbons (Fsp3) is 0.429. The summed E-state index contributed by atoms with van der Waals surface area (Å²) in [4.78, 5) is 0. The van der Waals surface area contributed by atoms with Gasteiger partial charge in [0.05, 0.1) is 18.0 Å². The van der Waals surface area contributed by atoms with Gasteiger partial charge in [0.25, 0.3) is 0 Å². The van der Waals surface area contributed by atoms with E-state index in [-0.39, 0.29) is 12.7 Å². The molecule has 1 saturated heterocycles. The SMILES string of the molecule is Cc1ccc(-n2nnc(CO)c2C2CCCO2)cc1Cl. The maximum atomic E-state index is 9.44. The fourth-order valence-corrected chi connectivity index (χ4v) is 2.63. The van der Waals surface area contributed by atoms with Crippen molar-refractivity contribution in [1.82, 2.24) is 15.0 Å². The highest BCUT2D eigenvalue weighted by Gasteiger charge is 2.26. The molecular formula is C14H16ClN3O2. The maximum Gasteiger partial charge on any atom is 0.114 e. The molecule has 1 unspecified atom stereocenters. The summed E-state index contributed by atoms with van der Waals surface area (Å²) >= 11 is 6.17. The first-order valence-corrected chi connectivity index (χ1v) is 7.02. The molecule has 2 heterocycles. The molecule has 3 rings (SSSR count). The molecule has 1 fully saturated rings. The largest absolute Gasteiger partial charge is 0.390 e. The molecule has 1 N–H and O–H groups in total. The van der Waals surface area contributed by atoms with E-state index in [4.69, 9.17) is 16.3 Å². The molecule has 1 aromatic heterocycles. The lowest BCUT2D eigenvalue weighted by atomic mass is 10.1. The second-order valence-electron chi connectivity index (χ2n) is 4.93. The van der Waals surface area contributed by atoms with E-state index in [1.807, 2.05) is 25.1 Å². The van der Waals surface area contributed by atoms with E-state index in [0.717, 1.165) is 36.4 Å². The third-order valence-electron chi connectivity index (χ3n) is 3.56. The van der Waals surface area contributed by atoms with Gasteiger partial charge < -0.3 is 9.84 Å². The van der Waals surface area contributed by atoms with Gasteiger partial charge in [-0.1, -0.05) is 22.9 Å². The minimum atomic E-state index is -0.144. The Labute approximate surface area is 122 Å². The van der Waals surface area contributed by atoms with Crippen LogP contribution in [0.1, 0.15) is 35.9 Å². The average Bonchev–Trinajstić information content (AvgIpc) is 3.09. The number of nitrogens with zero attached hydrogens (tertiary/aromatic N) is 3. The van der Waals surface area contributed by atoms with E-state index in [2.05, 4.69) is 10.3 Å². The molecule has 1 aromatic carbocycles. The van der Waals surface area contributed by atoms with Crippen LogP contribution in [0.25, 0.3) is 5.69 Å². The molecule has 0 aliphatic carbocycles. The van der Waals surface area contributed by atoms with Gasteiger partial charge in [-0.15, -0.1) is 5.10 Å². The summed E-state index contributed by atoms with van der Waals surface area (Å²) in [5.41, 5.74) is 3.23. The molecule has 0 spiro atoms. The van der Waals surface area contributed by atoms with Crippen molar-refractivity contribution in [2.75, 3.05) is 6.61 Å². The van der Waals surface area contributed by atoms with Crippen LogP contribution in [-0.2, 0) is 11.3 Å². The van der Waals surface area contributed by atoms with Crippen molar-refractivity contribution in [2.45, 2.75) is 32.5 Å². The zero-order chi connectivity index (χ0) is 14.1. The second kappa shape index (κ2) is 5.52. The van der Waals surface area contributed by atoms with Crippen LogP contribution in [0.15, 0.2) is 18.2 Å². The third-order valence-corrected chi connectivity index (χ3v) is 3.97. The van der Waals surface area contributed by atoms with Gasteiger partial charge >= 0.3 is 0 Å². The van der Waals surface area contributed by atoms with Crippen LogP contribution in [0, 0.1) is 6.92 Å². The first kappa shape index (κ1) is 13.5. The summed E-state index contributed by atoms with van der Waals surface area (Å²) in [5.74, 6) is 0. The maximum absolute atomic E-state index is 9.44. The Hall–Kier alpha value is -1.43. The summed E-state index contributed by atoms with van der Waals surface area (Å²) in [5, 5.41) is 18.3. The van der Waals surface area contributed by atoms with Gasteiger partial charge in [-0.25, -0.2) is 4.68 Å². The molecule has 106 valence electrons. The lowest BCUT2D eigenvalue weighted by Gasteiger charge is -2.13. The smallest absolute Gasteiger partial charge is 0.114 e. The van der Waals surface area contributed by atoms with Crippen LogP contribution in [0.2, 0.25) is 5.02 Å². The molecule has 2 aromatic rings. The zero-order valence-electron chi connectivity index (χ0n) is 11.2. The van der Waals surface area contributed by atoms with E-state index >= 15 is 0 Å². The number of aromatic nitrogens is 3. The molecule has 1 aliphatic rings. The monoisotopic (exact) mass is 293 g/mol. The number of aliphatic hydroxyl groups excluding tert-OH is 1. The van der Waals surface area contributed by atoms with E-state index in [0.29, 0.717) is 10.7 Å². The van der Waals surface area contributed by atoms with E-state index < -0.39 is 0 Å². The lowest BCUT2D eigenvalue weighted by Crippen LogP contribution is -2.09. The number of aryl methyl sites for hydroxylation is 1. The van der Waals surface area contributed by atoms with E-state index in [9.17, 15) is 5.11 Å². The third kappa shape index (κ3) is 2.32. The number of halogens is 1. The Balaban J connectivity index is 2.08. The van der Waals surface area contributed by atoms with E-state index in [1.54, 1.807) is 4.68 Å². The van der Waals surface area contributed by atoms with Crippen molar-refractivity contribution in [3.63, 3.8) is 0 Å². The lowest BCUT2D eigenvalue weighted by molar-refractivity contribution is 0.104. The van der Waals surface area contributed by atoms with Crippen molar-refractivity contribution in [1.29, 1.82) is 0 Å². The molecule has 5 nitrogen and oxygen atoms in total. The van der Waals surface area contributed by atoms with Gasteiger partial charge in [-0.2, -0.15) is 0 Å². The highest BCUT2D eigenvalue weighted by Crippen LogP contribution is 2.32. The normalized spacial score (nSPS) is 18.6. The zero-order valence-corrected chi connectivity index (χ0v) is 12.0. The summed E-state index contributed by atoms with van der Waals surface area (Å²) in [6, 6.07) is 5.73. The summed E-state index contributed by atoms with van der Waals surface area (Å²) in [6.45, 7) is 2.54. The predicted molar refractivity (Wildman–Crippen MR) is 75.0 cm³/mol. The first-order valence-electron chi connectivity index (χ1n) is 6.64. The molecule has 1 atom stereocenters. The van der Waals surface area contributed by atoms with Crippen LogP contribution < -0.4 is 0 Å². The van der Waals surface area contributed by atoms with E-state index in [1.165, 1.54) is 0 Å². The van der Waals surface area contributed by atoms with Crippen LogP contribution >= 0.6 is 11.6 Å². The van der Waals surface area contributed by atoms with Crippen molar-refractivity contribution in [2.24, 2.45) is 0 Å². The van der Waals surface area contributed by atoms with Gasteiger partial charge in [0.1, 0.15) is 11.8 Å². The number of hydrogen-bond donors (Lipinski definition) is 1. The van der Waals surface area contributed by atoms with Gasteiger partial charge in [-0.3, -0.25) is 0 Å². The van der Waals surface area contributed by atoms with Crippen molar-refractivity contribution >= 4 is 11.6 Å². The van der Waals surface area contributed by atoms with Crippen molar-refractivity contribution in [3.05, 3.63) is 40.2 Å². The highest BCUT2D eigenvalue weighted by molar-refractivity contribution is 6.31. The number of ether oxygens (including phenoxy) is 1. The van der Waals surface area contributed by atoms with Crippen molar-refractivity contribution < 1.29 is 9.84 Å². The molecule has 0 saturated carbocycles. The molecule has 0 bridgehead atoms. The number of hydrogen-bond acceptors (Lipinski definition) is 4. The van der Waals surface area contributed by atoms with Gasteiger partial charge in [0.2, 0.25) is 0 Å². The van der Waals surface area contributed by atoms with Gasteiger partial charge in [0.15, 0.2) is 0 Å². The fourth-order valence-electron chi connectivity index (χ4n) is 2.45. The Bertz CT molecular complexity index is 621. The van der Waals surface area contributed by atoms with Crippen LogP contribution in [-0.4, -0.2) is 26.7 Å². The van der Waals surface area contributed by atoms with Crippen LogP contribution in [0.4, 0.5) is 0 Å². The highest BCUT2D eigenvalue weighted by atomic mass is 35.5. The number of rotatable bonds is 3. The summed E-state index contributed by atoms with van der Waals surface area (Å²) in [7, 11) is 0. The standard InChI is InChI=1S/C14H16ClN3O2/c1-9-4-5-10(7-11(9)15)18-14(12(8-19)16-17-18)13-3-2-6-20-13/h4-5,7,13,19H,2-3,6,8H2,1H3. The Kier molecular flexibility index (Phi) is 3.74. The number of benzene rings is 1. The molecule has 1 aliphatic heterocycles. The van der Waals surface area contributed by atoms with Crippen molar-refractivity contribution in [3.8, 4) is 5.69 Å². The van der Waals surface area contributed by atoms with Crippen LogP contribution in [0.3, 0.4) is 0 Å². The van der Waals surface area contributed by atoms with Gasteiger partial charge in [-0.05, 0) is 37.5 Å². The Morgan fingerprint density at radius 3 is 3.00 bits per heavy atom. The second-order valence-corrected chi connectivity index (χ2v) is 5.33. The van der Waals surface area contributed by atoms with Gasteiger partial charge in [0, 0.05) is 11.6 Å². The minimum Gasteiger partial charge on any atom is -0.390 e. The quantitative estimate of drug-likeness (QED) is 0.945. The average molecular weight is 294 g/mol. The summed E-state index contributed by atoms with van der Waals surface area (Å²) < 4.78 is 7.43. The molecule has 0 radical (unpaired) electrons. The molecule has 6 heteroatoms.